The number of nitrogens with one attached hydrogen (secondary N) is 1. The lowest BCUT2D eigenvalue weighted by atomic mass is 10.1. The zero-order chi connectivity index (χ0) is 14.5. The molecule has 3 nitrogen and oxygen atoms in total. The molecule has 0 radical (unpaired) electrons. The van der Waals surface area contributed by atoms with Crippen molar-refractivity contribution in [3.8, 4) is 11.1 Å². The summed E-state index contributed by atoms with van der Waals surface area (Å²) in [5.41, 5.74) is 10.2. The minimum absolute atomic E-state index is 0.510. The van der Waals surface area contributed by atoms with E-state index in [1.165, 1.54) is 11.1 Å². The van der Waals surface area contributed by atoms with Crippen molar-refractivity contribution in [2.45, 2.75) is 13.1 Å². The van der Waals surface area contributed by atoms with E-state index in [0.29, 0.717) is 6.54 Å². The van der Waals surface area contributed by atoms with E-state index in [-0.39, 0.29) is 0 Å². The first-order chi connectivity index (χ1) is 10.3. The fraction of sp³-hybridized carbons (Fsp3) is 0.118. The third-order valence-electron chi connectivity index (χ3n) is 3.24. The van der Waals surface area contributed by atoms with Crippen LogP contribution >= 0.6 is 11.3 Å². The summed E-state index contributed by atoms with van der Waals surface area (Å²) in [7, 11) is 0. The second-order valence-electron chi connectivity index (χ2n) is 4.73. The van der Waals surface area contributed by atoms with Gasteiger partial charge in [-0.2, -0.15) is 0 Å². The molecule has 0 unspecified atom stereocenters. The summed E-state index contributed by atoms with van der Waals surface area (Å²) in [5, 5.41) is 6.41. The van der Waals surface area contributed by atoms with Crippen LogP contribution in [-0.4, -0.2) is 4.98 Å². The Hall–Kier alpha value is -2.17. The number of hydrogen-bond acceptors (Lipinski definition) is 4. The average Bonchev–Trinajstić information content (AvgIpc) is 3.02. The molecule has 1 heterocycles. The van der Waals surface area contributed by atoms with Crippen molar-refractivity contribution in [1.29, 1.82) is 0 Å². The summed E-state index contributed by atoms with van der Waals surface area (Å²) in [6.45, 7) is 1.23. The summed E-state index contributed by atoms with van der Waals surface area (Å²) in [6.07, 6.45) is 0. The molecular weight excluding hydrogens is 278 g/mol. The molecule has 0 spiro atoms. The maximum absolute atomic E-state index is 5.57. The Morgan fingerprint density at radius 1 is 0.952 bits per heavy atom. The van der Waals surface area contributed by atoms with Gasteiger partial charge in [0.2, 0.25) is 0 Å². The maximum atomic E-state index is 5.57. The van der Waals surface area contributed by atoms with Crippen molar-refractivity contribution in [2.24, 2.45) is 5.73 Å². The van der Waals surface area contributed by atoms with Crippen LogP contribution in [0.4, 0.5) is 5.69 Å². The fourth-order valence-electron chi connectivity index (χ4n) is 2.13. The van der Waals surface area contributed by atoms with E-state index >= 15 is 0 Å². The van der Waals surface area contributed by atoms with Gasteiger partial charge in [0.05, 0.1) is 12.2 Å². The standard InChI is InChI=1S/C17H17N3S/c18-10-17-20-16(12-21-17)11-19-15-8-6-14(7-9-15)13-4-2-1-3-5-13/h1-9,12,19H,10-11,18H2. The van der Waals surface area contributed by atoms with Crippen LogP contribution in [0.1, 0.15) is 10.7 Å². The zero-order valence-corrected chi connectivity index (χ0v) is 12.4. The van der Waals surface area contributed by atoms with E-state index in [1.807, 2.05) is 11.4 Å². The highest BCUT2D eigenvalue weighted by Gasteiger charge is 2.01. The van der Waals surface area contributed by atoms with Crippen LogP contribution in [0.25, 0.3) is 11.1 Å². The van der Waals surface area contributed by atoms with E-state index in [4.69, 9.17) is 5.73 Å². The lowest BCUT2D eigenvalue weighted by Crippen LogP contribution is -2.01. The molecule has 0 aliphatic rings. The van der Waals surface area contributed by atoms with Crippen molar-refractivity contribution in [1.82, 2.24) is 4.98 Å². The molecular formula is C17H17N3S. The smallest absolute Gasteiger partial charge is 0.107 e. The van der Waals surface area contributed by atoms with Gasteiger partial charge in [0.25, 0.3) is 0 Å². The van der Waals surface area contributed by atoms with Gasteiger partial charge in [0.1, 0.15) is 5.01 Å². The van der Waals surface area contributed by atoms with E-state index in [1.54, 1.807) is 11.3 Å². The number of anilines is 1. The van der Waals surface area contributed by atoms with Crippen molar-refractivity contribution >= 4 is 17.0 Å². The molecule has 21 heavy (non-hydrogen) atoms. The molecule has 0 atom stereocenters. The minimum atomic E-state index is 0.510. The normalized spacial score (nSPS) is 10.5. The molecule has 1 aromatic heterocycles. The second-order valence-corrected chi connectivity index (χ2v) is 5.68. The largest absolute Gasteiger partial charge is 0.379 e. The van der Waals surface area contributed by atoms with E-state index < -0.39 is 0 Å². The van der Waals surface area contributed by atoms with E-state index in [2.05, 4.69) is 58.8 Å². The van der Waals surface area contributed by atoms with Crippen LogP contribution in [0, 0.1) is 0 Å². The Labute approximate surface area is 128 Å². The summed E-state index contributed by atoms with van der Waals surface area (Å²) in [5.74, 6) is 0. The van der Waals surface area contributed by atoms with Crippen molar-refractivity contribution in [3.05, 3.63) is 70.7 Å². The van der Waals surface area contributed by atoms with Gasteiger partial charge < -0.3 is 11.1 Å². The molecule has 0 saturated carbocycles. The van der Waals surface area contributed by atoms with Gasteiger partial charge in [-0.05, 0) is 23.3 Å². The Balaban J connectivity index is 1.64. The first kappa shape index (κ1) is 13.8. The second kappa shape index (κ2) is 6.52. The lowest BCUT2D eigenvalue weighted by molar-refractivity contribution is 0.985. The lowest BCUT2D eigenvalue weighted by Gasteiger charge is -2.06. The molecule has 0 bridgehead atoms. The predicted octanol–water partition coefficient (Wildman–Crippen LogP) is 3.88. The molecule has 4 heteroatoms. The quantitative estimate of drug-likeness (QED) is 0.751. The Morgan fingerprint density at radius 2 is 1.67 bits per heavy atom. The molecule has 106 valence electrons. The third-order valence-corrected chi connectivity index (χ3v) is 4.16. The molecule has 0 amide bonds. The van der Waals surface area contributed by atoms with Gasteiger partial charge in [0.15, 0.2) is 0 Å². The van der Waals surface area contributed by atoms with Gasteiger partial charge in [0, 0.05) is 17.6 Å². The monoisotopic (exact) mass is 295 g/mol. The van der Waals surface area contributed by atoms with Gasteiger partial charge >= 0.3 is 0 Å². The average molecular weight is 295 g/mol. The van der Waals surface area contributed by atoms with Crippen LogP contribution in [0.15, 0.2) is 60.0 Å². The first-order valence-corrected chi connectivity index (χ1v) is 7.76. The minimum Gasteiger partial charge on any atom is -0.379 e. The number of nitrogens with two attached hydrogens (primary N) is 1. The van der Waals surface area contributed by atoms with E-state index in [0.717, 1.165) is 22.9 Å². The molecule has 0 fully saturated rings. The summed E-state index contributed by atoms with van der Waals surface area (Å²) < 4.78 is 0. The van der Waals surface area contributed by atoms with Gasteiger partial charge in [-0.15, -0.1) is 11.3 Å². The van der Waals surface area contributed by atoms with Crippen molar-refractivity contribution in [2.75, 3.05) is 5.32 Å². The fourth-order valence-corrected chi connectivity index (χ4v) is 2.80. The van der Waals surface area contributed by atoms with Crippen molar-refractivity contribution in [3.63, 3.8) is 0 Å². The van der Waals surface area contributed by atoms with Crippen LogP contribution in [0.2, 0.25) is 0 Å². The molecule has 3 rings (SSSR count). The number of hydrogen-bond donors (Lipinski definition) is 2. The highest BCUT2D eigenvalue weighted by molar-refractivity contribution is 7.09. The maximum Gasteiger partial charge on any atom is 0.107 e. The van der Waals surface area contributed by atoms with Crippen LogP contribution < -0.4 is 11.1 Å². The zero-order valence-electron chi connectivity index (χ0n) is 11.6. The van der Waals surface area contributed by atoms with E-state index in [9.17, 15) is 0 Å². The SMILES string of the molecule is NCc1nc(CNc2ccc(-c3ccccc3)cc2)cs1. The number of benzene rings is 2. The molecule has 3 aromatic rings. The highest BCUT2D eigenvalue weighted by Crippen LogP contribution is 2.21. The molecule has 0 saturated heterocycles. The van der Waals surface area contributed by atoms with Crippen LogP contribution in [0.3, 0.4) is 0 Å². The topological polar surface area (TPSA) is 50.9 Å². The highest BCUT2D eigenvalue weighted by atomic mass is 32.1. The predicted molar refractivity (Wildman–Crippen MR) is 89.2 cm³/mol. The summed E-state index contributed by atoms with van der Waals surface area (Å²) >= 11 is 1.61. The number of thiazole rings is 1. The van der Waals surface area contributed by atoms with Crippen LogP contribution in [0.5, 0.6) is 0 Å². The summed E-state index contributed by atoms with van der Waals surface area (Å²) in [6, 6.07) is 18.8. The number of nitrogens with zero attached hydrogens (tertiary/aromatic N) is 1. The van der Waals surface area contributed by atoms with Gasteiger partial charge in [-0.1, -0.05) is 42.5 Å². The van der Waals surface area contributed by atoms with Crippen molar-refractivity contribution < 1.29 is 0 Å². The Morgan fingerprint density at radius 3 is 2.33 bits per heavy atom. The van der Waals surface area contributed by atoms with Crippen LogP contribution in [-0.2, 0) is 13.1 Å². The number of rotatable bonds is 5. The number of aromatic nitrogens is 1. The van der Waals surface area contributed by atoms with Gasteiger partial charge in [-0.25, -0.2) is 4.98 Å². The first-order valence-electron chi connectivity index (χ1n) is 6.88. The third kappa shape index (κ3) is 3.48. The molecule has 2 aromatic carbocycles. The summed E-state index contributed by atoms with van der Waals surface area (Å²) in [4.78, 5) is 4.44. The Bertz CT molecular complexity index is 690. The van der Waals surface area contributed by atoms with Gasteiger partial charge in [-0.3, -0.25) is 0 Å². The molecule has 0 aliphatic carbocycles. The Kier molecular flexibility index (Phi) is 4.28. The molecule has 3 N–H and O–H groups in total. The molecule has 0 aliphatic heterocycles.